The Hall–Kier alpha value is -1.83. The van der Waals surface area contributed by atoms with Gasteiger partial charge in [-0.05, 0) is 31.5 Å². The van der Waals surface area contributed by atoms with Crippen LogP contribution in [0.25, 0.3) is 0 Å². The summed E-state index contributed by atoms with van der Waals surface area (Å²) in [4.78, 5) is 33.8. The third-order valence-corrected chi connectivity index (χ3v) is 3.70. The van der Waals surface area contributed by atoms with Crippen molar-refractivity contribution >= 4 is 27.7 Å². The Morgan fingerprint density at radius 2 is 1.95 bits per heavy atom. The number of carbonyl (C=O) groups is 2. The monoisotopic (exact) mass is 375 g/mol. The molecule has 2 atom stereocenters. The second kappa shape index (κ2) is 7.44. The van der Waals surface area contributed by atoms with Gasteiger partial charge in [-0.3, -0.25) is 14.9 Å². The van der Waals surface area contributed by atoms with Crippen LogP contribution in [0.3, 0.4) is 0 Å². The molecule has 120 valence electrons. The molecule has 0 fully saturated rings. The van der Waals surface area contributed by atoms with E-state index in [-0.39, 0.29) is 12.2 Å². The number of esters is 1. The zero-order valence-electron chi connectivity index (χ0n) is 12.0. The van der Waals surface area contributed by atoms with Crippen LogP contribution in [0, 0.1) is 10.1 Å². The van der Waals surface area contributed by atoms with Crippen molar-refractivity contribution < 1.29 is 23.6 Å². The van der Waals surface area contributed by atoms with Gasteiger partial charge in [0.15, 0.2) is 5.78 Å². The van der Waals surface area contributed by atoms with Gasteiger partial charge in [0, 0.05) is 9.40 Å². The SMILES string of the molecule is CCOC(=O)[C@@](F)(C(C)=O)[C@@H](C[N+](=O)[O-])c1ccc(Br)cc1. The van der Waals surface area contributed by atoms with Gasteiger partial charge in [-0.25, -0.2) is 9.18 Å². The van der Waals surface area contributed by atoms with E-state index in [4.69, 9.17) is 0 Å². The summed E-state index contributed by atoms with van der Waals surface area (Å²) in [6, 6.07) is 5.95. The molecular weight excluding hydrogens is 361 g/mol. The van der Waals surface area contributed by atoms with Crippen molar-refractivity contribution in [2.24, 2.45) is 0 Å². The maximum Gasteiger partial charge on any atom is 0.352 e. The van der Waals surface area contributed by atoms with Crippen molar-refractivity contribution in [1.29, 1.82) is 0 Å². The Balaban J connectivity index is 3.38. The maximum atomic E-state index is 15.2. The van der Waals surface area contributed by atoms with Crippen LogP contribution in [0.1, 0.15) is 25.3 Å². The lowest BCUT2D eigenvalue weighted by atomic mass is 9.80. The first-order valence-electron chi connectivity index (χ1n) is 6.47. The van der Waals surface area contributed by atoms with Crippen molar-refractivity contribution in [3.63, 3.8) is 0 Å². The molecule has 0 radical (unpaired) electrons. The molecule has 0 spiro atoms. The molecule has 0 heterocycles. The number of benzene rings is 1. The number of halogens is 2. The third kappa shape index (κ3) is 3.88. The first-order valence-corrected chi connectivity index (χ1v) is 7.27. The summed E-state index contributed by atoms with van der Waals surface area (Å²) >= 11 is 3.19. The van der Waals surface area contributed by atoms with Crippen molar-refractivity contribution in [1.82, 2.24) is 0 Å². The van der Waals surface area contributed by atoms with Gasteiger partial charge >= 0.3 is 5.97 Å². The predicted octanol–water partition coefficient (Wildman–Crippen LogP) is 2.67. The topological polar surface area (TPSA) is 86.5 Å². The highest BCUT2D eigenvalue weighted by atomic mass is 79.9. The van der Waals surface area contributed by atoms with Crippen LogP contribution in [0.5, 0.6) is 0 Å². The van der Waals surface area contributed by atoms with E-state index in [0.29, 0.717) is 4.47 Å². The Kier molecular flexibility index (Phi) is 6.16. The molecule has 1 aromatic rings. The van der Waals surface area contributed by atoms with Crippen molar-refractivity contribution in [3.05, 3.63) is 44.4 Å². The van der Waals surface area contributed by atoms with E-state index in [9.17, 15) is 19.7 Å². The Morgan fingerprint density at radius 1 is 1.41 bits per heavy atom. The molecule has 1 aromatic carbocycles. The molecule has 0 N–H and O–H groups in total. The van der Waals surface area contributed by atoms with E-state index < -0.39 is 34.8 Å². The highest BCUT2D eigenvalue weighted by Crippen LogP contribution is 2.35. The summed E-state index contributed by atoms with van der Waals surface area (Å²) in [5, 5.41) is 10.9. The standard InChI is InChI=1S/C14H15BrFNO5/c1-3-22-13(19)14(16,9(2)18)12(8-17(20)21)10-4-6-11(15)7-5-10/h4-7,12H,3,8H2,1-2H3/t12-,14+/m0/s1. The molecule has 1 rings (SSSR count). The average Bonchev–Trinajstić information content (AvgIpc) is 2.44. The lowest BCUT2D eigenvalue weighted by Gasteiger charge is -2.27. The van der Waals surface area contributed by atoms with Gasteiger partial charge in [0.1, 0.15) is 5.92 Å². The number of ketones is 1. The summed E-state index contributed by atoms with van der Waals surface area (Å²) in [7, 11) is 0. The van der Waals surface area contributed by atoms with Gasteiger partial charge in [-0.1, -0.05) is 28.1 Å². The smallest absolute Gasteiger partial charge is 0.352 e. The molecular formula is C14H15BrFNO5. The third-order valence-electron chi connectivity index (χ3n) is 3.17. The fraction of sp³-hybridized carbons (Fsp3) is 0.429. The second-order valence-corrected chi connectivity index (χ2v) is 5.52. The summed E-state index contributed by atoms with van der Waals surface area (Å²) in [6.45, 7) is 1.29. The van der Waals surface area contributed by atoms with Gasteiger partial charge < -0.3 is 4.74 Å². The van der Waals surface area contributed by atoms with E-state index in [0.717, 1.165) is 6.92 Å². The number of hydrogen-bond acceptors (Lipinski definition) is 5. The molecule has 8 heteroatoms. The number of ether oxygens (including phenoxy) is 1. The summed E-state index contributed by atoms with van der Waals surface area (Å²) in [6.07, 6.45) is 0. The van der Waals surface area contributed by atoms with E-state index in [1.165, 1.54) is 19.1 Å². The highest BCUT2D eigenvalue weighted by Gasteiger charge is 2.55. The maximum absolute atomic E-state index is 15.2. The number of carbonyl (C=O) groups excluding carboxylic acids is 2. The summed E-state index contributed by atoms with van der Waals surface area (Å²) in [5.41, 5.74) is -2.93. The number of nitro groups is 1. The van der Waals surface area contributed by atoms with E-state index in [1.54, 1.807) is 12.1 Å². The van der Waals surface area contributed by atoms with Crippen LogP contribution in [0.2, 0.25) is 0 Å². The number of Topliss-reactive ketones (excluding diaryl/α,β-unsaturated/α-hetero) is 1. The molecule has 0 aromatic heterocycles. The van der Waals surface area contributed by atoms with Crippen LogP contribution in [-0.4, -0.2) is 35.5 Å². The van der Waals surface area contributed by atoms with Crippen molar-refractivity contribution in [2.45, 2.75) is 25.4 Å². The van der Waals surface area contributed by atoms with Crippen LogP contribution in [0.15, 0.2) is 28.7 Å². The Morgan fingerprint density at radius 3 is 2.36 bits per heavy atom. The average molecular weight is 376 g/mol. The zero-order valence-corrected chi connectivity index (χ0v) is 13.6. The number of hydrogen-bond donors (Lipinski definition) is 0. The lowest BCUT2D eigenvalue weighted by molar-refractivity contribution is -0.485. The van der Waals surface area contributed by atoms with Gasteiger partial charge in [-0.15, -0.1) is 0 Å². The predicted molar refractivity (Wildman–Crippen MR) is 79.9 cm³/mol. The molecule has 0 saturated carbocycles. The summed E-state index contributed by atoms with van der Waals surface area (Å²) < 4.78 is 20.5. The van der Waals surface area contributed by atoms with Crippen LogP contribution in [-0.2, 0) is 14.3 Å². The molecule has 0 bridgehead atoms. The Bertz CT molecular complexity index is 577. The highest BCUT2D eigenvalue weighted by molar-refractivity contribution is 9.10. The van der Waals surface area contributed by atoms with Gasteiger partial charge in [0.2, 0.25) is 6.54 Å². The first kappa shape index (κ1) is 18.2. The van der Waals surface area contributed by atoms with E-state index in [1.807, 2.05) is 0 Å². The minimum absolute atomic E-state index is 0.136. The fourth-order valence-electron chi connectivity index (χ4n) is 2.07. The van der Waals surface area contributed by atoms with Gasteiger partial charge in [-0.2, -0.15) is 0 Å². The molecule has 6 nitrogen and oxygen atoms in total. The fourth-order valence-corrected chi connectivity index (χ4v) is 2.34. The zero-order chi connectivity index (χ0) is 16.9. The quantitative estimate of drug-likeness (QED) is 0.316. The summed E-state index contributed by atoms with van der Waals surface area (Å²) in [5.74, 6) is -4.09. The van der Waals surface area contributed by atoms with Crippen LogP contribution < -0.4 is 0 Å². The molecule has 0 aliphatic heterocycles. The van der Waals surface area contributed by atoms with E-state index in [2.05, 4.69) is 20.7 Å². The van der Waals surface area contributed by atoms with Gasteiger partial charge in [0.25, 0.3) is 5.67 Å². The second-order valence-electron chi connectivity index (χ2n) is 4.61. The van der Waals surface area contributed by atoms with Crippen LogP contribution in [0.4, 0.5) is 4.39 Å². The number of rotatable bonds is 7. The largest absolute Gasteiger partial charge is 0.463 e. The minimum Gasteiger partial charge on any atom is -0.463 e. The number of alkyl halides is 1. The van der Waals surface area contributed by atoms with Crippen molar-refractivity contribution in [2.75, 3.05) is 13.2 Å². The molecule has 22 heavy (non-hydrogen) atoms. The molecule has 0 amide bonds. The normalized spacial score (nSPS) is 14.7. The molecule has 0 saturated heterocycles. The lowest BCUT2D eigenvalue weighted by Crippen LogP contribution is -2.49. The molecule has 0 aliphatic rings. The first-order chi connectivity index (χ1) is 10.2. The van der Waals surface area contributed by atoms with Gasteiger partial charge in [0.05, 0.1) is 6.61 Å². The molecule has 0 unspecified atom stereocenters. The minimum atomic E-state index is -3.10. The van der Waals surface area contributed by atoms with Crippen molar-refractivity contribution in [3.8, 4) is 0 Å². The Labute approximate surface area is 134 Å². The molecule has 0 aliphatic carbocycles. The van der Waals surface area contributed by atoms with Crippen LogP contribution >= 0.6 is 15.9 Å². The van der Waals surface area contributed by atoms with E-state index >= 15 is 4.39 Å². The number of nitrogens with zero attached hydrogens (tertiary/aromatic N) is 1.